The summed E-state index contributed by atoms with van der Waals surface area (Å²) in [5.74, 6) is -6.71. The molecule has 0 fully saturated rings. The van der Waals surface area contributed by atoms with Gasteiger partial charge in [-0.05, 0) is 29.7 Å². The smallest absolute Gasteiger partial charge is 0.326 e. The SMILES string of the molecule is NC(=O)CC(NC(=O)C(Cc1c[nH]c2ccccc12)NC(=O)C(CC(=O)O)NC(=O)C(N)Cc1c[nH]c2ccccc12)C(=O)O. The quantitative estimate of drug-likeness (QED) is 0.0841. The minimum Gasteiger partial charge on any atom is -0.481 e. The van der Waals surface area contributed by atoms with Crippen LogP contribution in [0.4, 0.5) is 0 Å². The van der Waals surface area contributed by atoms with E-state index in [2.05, 4.69) is 25.9 Å². The summed E-state index contributed by atoms with van der Waals surface area (Å²) in [5.41, 5.74) is 14.1. The summed E-state index contributed by atoms with van der Waals surface area (Å²) < 4.78 is 0. The molecule has 4 amide bonds. The Balaban J connectivity index is 1.53. The third kappa shape index (κ3) is 8.23. The molecule has 2 aromatic heterocycles. The fourth-order valence-electron chi connectivity index (χ4n) is 4.97. The number of carbonyl (C=O) groups excluding carboxylic acids is 4. The summed E-state index contributed by atoms with van der Waals surface area (Å²) in [6.45, 7) is 0. The molecule has 11 N–H and O–H groups in total. The Bertz CT molecular complexity index is 1750. The fraction of sp³-hybridized carbons (Fsp3) is 0.267. The largest absolute Gasteiger partial charge is 0.481 e. The molecule has 236 valence electrons. The summed E-state index contributed by atoms with van der Waals surface area (Å²) >= 11 is 0. The average molecular weight is 620 g/mol. The molecule has 2 aromatic carbocycles. The molecule has 0 aliphatic heterocycles. The molecular formula is C30H33N7O8. The van der Waals surface area contributed by atoms with Gasteiger partial charge in [0.1, 0.15) is 18.1 Å². The van der Waals surface area contributed by atoms with Crippen molar-refractivity contribution in [2.75, 3.05) is 0 Å². The van der Waals surface area contributed by atoms with E-state index in [1.54, 1.807) is 36.7 Å². The van der Waals surface area contributed by atoms with Crippen molar-refractivity contribution in [1.82, 2.24) is 25.9 Å². The lowest BCUT2D eigenvalue weighted by Crippen LogP contribution is -2.58. The van der Waals surface area contributed by atoms with Crippen molar-refractivity contribution in [3.63, 3.8) is 0 Å². The molecule has 4 aromatic rings. The standard InChI is InChI=1S/C30H33N7O8/c31-19(9-15-13-33-20-7-3-1-5-17(15)20)27(41)35-23(12-26(39)40)29(43)36-22(28(42)37-24(30(44)45)11-25(32)38)10-16-14-34-21-8-4-2-6-18(16)21/h1-8,13-14,19,22-24,33-34H,9-12,31H2,(H2,32,38)(H,35,41)(H,36,43)(H,37,42)(H,39,40)(H,44,45). The van der Waals surface area contributed by atoms with Gasteiger partial charge in [0.2, 0.25) is 23.6 Å². The lowest BCUT2D eigenvalue weighted by molar-refractivity contribution is -0.144. The van der Waals surface area contributed by atoms with Crippen molar-refractivity contribution < 1.29 is 39.0 Å². The van der Waals surface area contributed by atoms with Gasteiger partial charge >= 0.3 is 11.9 Å². The Hall–Kier alpha value is -5.70. The molecule has 0 saturated carbocycles. The third-order valence-corrected chi connectivity index (χ3v) is 7.22. The second-order valence-electron chi connectivity index (χ2n) is 10.5. The van der Waals surface area contributed by atoms with E-state index in [9.17, 15) is 39.0 Å². The lowest BCUT2D eigenvalue weighted by Gasteiger charge is -2.24. The molecule has 45 heavy (non-hydrogen) atoms. The molecule has 0 saturated heterocycles. The molecule has 0 aliphatic carbocycles. The third-order valence-electron chi connectivity index (χ3n) is 7.22. The van der Waals surface area contributed by atoms with Crippen LogP contribution in [0.25, 0.3) is 21.8 Å². The Labute approximate surface area is 255 Å². The highest BCUT2D eigenvalue weighted by Crippen LogP contribution is 2.20. The maximum Gasteiger partial charge on any atom is 0.326 e. The first-order chi connectivity index (χ1) is 21.4. The van der Waals surface area contributed by atoms with Gasteiger partial charge in [0.05, 0.1) is 18.9 Å². The van der Waals surface area contributed by atoms with Crippen LogP contribution in [0.3, 0.4) is 0 Å². The van der Waals surface area contributed by atoms with Crippen molar-refractivity contribution in [2.45, 2.75) is 49.9 Å². The van der Waals surface area contributed by atoms with Gasteiger partial charge in [0.15, 0.2) is 0 Å². The highest BCUT2D eigenvalue weighted by atomic mass is 16.4. The molecule has 4 atom stereocenters. The summed E-state index contributed by atoms with van der Waals surface area (Å²) in [4.78, 5) is 80.6. The van der Waals surface area contributed by atoms with E-state index in [0.717, 1.165) is 27.4 Å². The molecule has 4 unspecified atom stereocenters. The second-order valence-corrected chi connectivity index (χ2v) is 10.5. The van der Waals surface area contributed by atoms with Crippen LogP contribution >= 0.6 is 0 Å². The number of primary amides is 1. The van der Waals surface area contributed by atoms with Crippen LogP contribution in [0.5, 0.6) is 0 Å². The normalized spacial score (nSPS) is 13.8. The zero-order valence-electron chi connectivity index (χ0n) is 23.9. The van der Waals surface area contributed by atoms with Crippen LogP contribution in [0.1, 0.15) is 24.0 Å². The minimum absolute atomic E-state index is 0.0826. The molecule has 0 radical (unpaired) electrons. The molecule has 0 aliphatic rings. The van der Waals surface area contributed by atoms with E-state index in [4.69, 9.17) is 11.5 Å². The lowest BCUT2D eigenvalue weighted by atomic mass is 10.0. The van der Waals surface area contributed by atoms with Crippen LogP contribution in [-0.4, -0.2) is 79.9 Å². The highest BCUT2D eigenvalue weighted by Gasteiger charge is 2.32. The van der Waals surface area contributed by atoms with Crippen molar-refractivity contribution in [2.24, 2.45) is 11.5 Å². The number of carboxylic acid groups (broad SMARTS) is 2. The molecule has 0 bridgehead atoms. The van der Waals surface area contributed by atoms with Crippen LogP contribution in [0.2, 0.25) is 0 Å². The van der Waals surface area contributed by atoms with E-state index < -0.39 is 72.6 Å². The van der Waals surface area contributed by atoms with Gasteiger partial charge in [-0.1, -0.05) is 36.4 Å². The van der Waals surface area contributed by atoms with Crippen LogP contribution < -0.4 is 27.4 Å². The summed E-state index contributed by atoms with van der Waals surface area (Å²) in [7, 11) is 0. The highest BCUT2D eigenvalue weighted by molar-refractivity contribution is 5.97. The van der Waals surface area contributed by atoms with Gasteiger partial charge < -0.3 is 47.6 Å². The molecular weight excluding hydrogens is 586 g/mol. The Morgan fingerprint density at radius 1 is 0.667 bits per heavy atom. The first-order valence-electron chi connectivity index (χ1n) is 13.9. The van der Waals surface area contributed by atoms with Crippen molar-refractivity contribution in [1.29, 1.82) is 0 Å². The number of hydrogen-bond acceptors (Lipinski definition) is 7. The van der Waals surface area contributed by atoms with E-state index in [1.165, 1.54) is 0 Å². The van der Waals surface area contributed by atoms with Crippen molar-refractivity contribution in [3.8, 4) is 0 Å². The molecule has 0 spiro atoms. The van der Waals surface area contributed by atoms with Crippen LogP contribution in [0, 0.1) is 0 Å². The molecule has 15 heteroatoms. The Morgan fingerprint density at radius 2 is 1.16 bits per heavy atom. The fourth-order valence-corrected chi connectivity index (χ4v) is 4.97. The van der Waals surface area contributed by atoms with Crippen molar-refractivity contribution in [3.05, 3.63) is 72.1 Å². The first-order valence-corrected chi connectivity index (χ1v) is 13.9. The molecule has 2 heterocycles. The number of fused-ring (bicyclic) bond motifs is 2. The zero-order chi connectivity index (χ0) is 32.7. The number of benzene rings is 2. The number of para-hydroxylation sites is 2. The Kier molecular flexibility index (Phi) is 10.2. The van der Waals surface area contributed by atoms with E-state index in [-0.39, 0.29) is 12.8 Å². The van der Waals surface area contributed by atoms with E-state index in [1.807, 2.05) is 24.3 Å². The predicted octanol–water partition coefficient (Wildman–Crippen LogP) is -0.349. The topological polar surface area (TPSA) is 263 Å². The number of hydrogen-bond donors (Lipinski definition) is 9. The summed E-state index contributed by atoms with van der Waals surface area (Å²) in [5, 5.41) is 27.5. The maximum atomic E-state index is 13.4. The zero-order valence-corrected chi connectivity index (χ0v) is 23.9. The van der Waals surface area contributed by atoms with Gasteiger partial charge in [0, 0.05) is 40.6 Å². The van der Waals surface area contributed by atoms with E-state index >= 15 is 0 Å². The number of H-pyrrole nitrogens is 2. The first kappa shape index (κ1) is 32.2. The maximum absolute atomic E-state index is 13.4. The van der Waals surface area contributed by atoms with Crippen molar-refractivity contribution >= 4 is 57.4 Å². The number of carbonyl (C=O) groups is 6. The van der Waals surface area contributed by atoms with Gasteiger partial charge in [-0.3, -0.25) is 24.0 Å². The van der Waals surface area contributed by atoms with Crippen LogP contribution in [-0.2, 0) is 41.6 Å². The Morgan fingerprint density at radius 3 is 1.69 bits per heavy atom. The monoisotopic (exact) mass is 619 g/mol. The van der Waals surface area contributed by atoms with Crippen LogP contribution in [0.15, 0.2) is 60.9 Å². The minimum atomic E-state index is -1.69. The summed E-state index contributed by atoms with van der Waals surface area (Å²) in [6.07, 6.45) is 1.70. The number of aliphatic carboxylic acids is 2. The second kappa shape index (κ2) is 14.2. The number of amides is 4. The number of rotatable bonds is 15. The molecule has 4 rings (SSSR count). The number of carboxylic acids is 2. The van der Waals surface area contributed by atoms with Gasteiger partial charge in [-0.25, -0.2) is 4.79 Å². The number of aromatic nitrogens is 2. The van der Waals surface area contributed by atoms with E-state index in [0.29, 0.717) is 5.56 Å². The van der Waals surface area contributed by atoms with Gasteiger partial charge in [-0.15, -0.1) is 0 Å². The van der Waals surface area contributed by atoms with Gasteiger partial charge in [0.25, 0.3) is 0 Å². The molecule has 15 nitrogen and oxygen atoms in total. The van der Waals surface area contributed by atoms with Gasteiger partial charge in [-0.2, -0.15) is 0 Å². The number of aromatic amines is 2. The summed E-state index contributed by atoms with van der Waals surface area (Å²) in [6, 6.07) is 8.57. The predicted molar refractivity (Wildman–Crippen MR) is 161 cm³/mol. The number of nitrogens with two attached hydrogens (primary N) is 2. The number of nitrogens with one attached hydrogen (secondary N) is 5. The average Bonchev–Trinajstić information content (AvgIpc) is 3.59.